The maximum absolute atomic E-state index is 12.5. The van der Waals surface area contributed by atoms with Crippen LogP contribution in [-0.2, 0) is 19.1 Å². The summed E-state index contributed by atoms with van der Waals surface area (Å²) in [5, 5.41) is 7.82. The Labute approximate surface area is 173 Å². The molecule has 1 aliphatic carbocycles. The van der Waals surface area contributed by atoms with Gasteiger partial charge in [0.25, 0.3) is 17.7 Å². The molecule has 1 heterocycles. The number of nitrogens with one attached hydrogen (secondary N) is 3. The molecule has 1 atom stereocenters. The smallest absolute Gasteiger partial charge is 0.326 e. The van der Waals surface area contributed by atoms with Gasteiger partial charge in [0, 0.05) is 17.8 Å². The summed E-state index contributed by atoms with van der Waals surface area (Å²) >= 11 is 0. The number of nitrogens with zero attached hydrogens (tertiary/aromatic N) is 1. The van der Waals surface area contributed by atoms with Crippen LogP contribution in [0.5, 0.6) is 0 Å². The number of amides is 5. The zero-order valence-electron chi connectivity index (χ0n) is 16.8. The van der Waals surface area contributed by atoms with Crippen molar-refractivity contribution >= 4 is 35.4 Å². The first-order chi connectivity index (χ1) is 14.2. The van der Waals surface area contributed by atoms with Crippen molar-refractivity contribution in [1.29, 1.82) is 0 Å². The lowest BCUT2D eigenvalue weighted by atomic mass is 9.96. The summed E-state index contributed by atoms with van der Waals surface area (Å²) in [6.45, 7) is 2.77. The van der Waals surface area contributed by atoms with Gasteiger partial charge in [0.2, 0.25) is 0 Å². The van der Waals surface area contributed by atoms with Gasteiger partial charge in [-0.3, -0.25) is 24.1 Å². The van der Waals surface area contributed by atoms with E-state index in [-0.39, 0.29) is 11.8 Å². The van der Waals surface area contributed by atoms with E-state index >= 15 is 0 Å². The first-order valence-electron chi connectivity index (χ1n) is 9.72. The maximum Gasteiger partial charge on any atom is 0.326 e. The van der Waals surface area contributed by atoms with Crippen LogP contribution in [-0.4, -0.2) is 59.9 Å². The van der Waals surface area contributed by atoms with Crippen molar-refractivity contribution in [1.82, 2.24) is 15.5 Å². The summed E-state index contributed by atoms with van der Waals surface area (Å²) in [5.41, 5.74) is -0.234. The van der Waals surface area contributed by atoms with Crippen LogP contribution >= 0.6 is 0 Å². The molecule has 30 heavy (non-hydrogen) atoms. The van der Waals surface area contributed by atoms with Crippen molar-refractivity contribution in [3.8, 4) is 0 Å². The van der Waals surface area contributed by atoms with E-state index in [1.807, 2.05) is 0 Å². The van der Waals surface area contributed by atoms with E-state index in [0.29, 0.717) is 17.8 Å². The molecule has 2 aliphatic rings. The van der Waals surface area contributed by atoms with Gasteiger partial charge in [-0.15, -0.1) is 0 Å². The second-order valence-corrected chi connectivity index (χ2v) is 7.45. The minimum absolute atomic E-state index is 0.0796. The number of rotatable bonds is 8. The van der Waals surface area contributed by atoms with E-state index in [9.17, 15) is 24.0 Å². The molecule has 10 heteroatoms. The van der Waals surface area contributed by atoms with Crippen LogP contribution in [0.15, 0.2) is 24.3 Å². The Morgan fingerprint density at radius 3 is 2.67 bits per heavy atom. The van der Waals surface area contributed by atoms with Gasteiger partial charge in [0.1, 0.15) is 12.1 Å². The minimum atomic E-state index is -0.982. The van der Waals surface area contributed by atoms with Gasteiger partial charge in [-0.2, -0.15) is 0 Å². The predicted molar refractivity (Wildman–Crippen MR) is 105 cm³/mol. The fraction of sp³-hybridized carbons (Fsp3) is 0.450. The molecule has 10 nitrogen and oxygen atoms in total. The molecule has 160 valence electrons. The molecule has 1 saturated heterocycles. The Morgan fingerprint density at radius 2 is 2.00 bits per heavy atom. The number of imide groups is 1. The Hall–Kier alpha value is -3.43. The van der Waals surface area contributed by atoms with Gasteiger partial charge in [0.05, 0.1) is 0 Å². The third-order valence-electron chi connectivity index (χ3n) is 5.09. The normalized spacial score (nSPS) is 20.5. The second-order valence-electron chi connectivity index (χ2n) is 7.45. The van der Waals surface area contributed by atoms with Crippen molar-refractivity contribution in [2.45, 2.75) is 32.2 Å². The molecule has 0 unspecified atom stereocenters. The first-order valence-corrected chi connectivity index (χ1v) is 9.72. The number of hydrogen-bond donors (Lipinski definition) is 3. The summed E-state index contributed by atoms with van der Waals surface area (Å²) in [6.07, 6.45) is 1.70. The van der Waals surface area contributed by atoms with E-state index in [2.05, 4.69) is 16.0 Å². The highest BCUT2D eigenvalue weighted by molar-refractivity contribution is 6.09. The Balaban J connectivity index is 1.49. The molecular formula is C20H24N4O6. The molecule has 1 aromatic carbocycles. The lowest BCUT2D eigenvalue weighted by Gasteiger charge is -2.20. The van der Waals surface area contributed by atoms with Crippen molar-refractivity contribution in [3.63, 3.8) is 0 Å². The molecule has 2 fully saturated rings. The van der Waals surface area contributed by atoms with Crippen LogP contribution in [0.1, 0.15) is 37.0 Å². The molecule has 1 aromatic rings. The molecule has 0 aromatic heterocycles. The van der Waals surface area contributed by atoms with Crippen LogP contribution in [0.2, 0.25) is 0 Å². The predicted octanol–water partition coefficient (Wildman–Crippen LogP) is 0.639. The van der Waals surface area contributed by atoms with Crippen LogP contribution in [0, 0.1) is 5.92 Å². The summed E-state index contributed by atoms with van der Waals surface area (Å²) < 4.78 is 4.89. The SMILES string of the molecule is CCNC(=O)c1cccc(NC(=O)COC(=O)CN2C(=O)N[C@](C)(C3CC3)C2=O)c1. The third-order valence-corrected chi connectivity index (χ3v) is 5.09. The number of urea groups is 1. The Bertz CT molecular complexity index is 897. The first kappa shape index (κ1) is 21.3. The largest absolute Gasteiger partial charge is 0.454 e. The van der Waals surface area contributed by atoms with Gasteiger partial charge in [-0.25, -0.2) is 4.79 Å². The van der Waals surface area contributed by atoms with Gasteiger partial charge < -0.3 is 20.7 Å². The molecule has 0 bridgehead atoms. The van der Waals surface area contributed by atoms with E-state index in [1.165, 1.54) is 6.07 Å². The summed E-state index contributed by atoms with van der Waals surface area (Å²) in [7, 11) is 0. The number of anilines is 1. The van der Waals surface area contributed by atoms with Crippen molar-refractivity contribution < 1.29 is 28.7 Å². The summed E-state index contributed by atoms with van der Waals surface area (Å²) in [5.74, 6) is -2.14. The molecule has 1 saturated carbocycles. The summed E-state index contributed by atoms with van der Waals surface area (Å²) in [4.78, 5) is 61.3. The number of benzene rings is 1. The quantitative estimate of drug-likeness (QED) is 0.421. The fourth-order valence-electron chi connectivity index (χ4n) is 3.32. The van der Waals surface area contributed by atoms with Crippen LogP contribution in [0.25, 0.3) is 0 Å². The zero-order valence-corrected chi connectivity index (χ0v) is 16.8. The highest BCUT2D eigenvalue weighted by Crippen LogP contribution is 2.42. The number of carbonyl (C=O) groups excluding carboxylic acids is 5. The second kappa shape index (κ2) is 8.52. The van der Waals surface area contributed by atoms with E-state index in [1.54, 1.807) is 32.0 Å². The lowest BCUT2D eigenvalue weighted by Crippen LogP contribution is -2.46. The molecule has 3 rings (SSSR count). The highest BCUT2D eigenvalue weighted by atomic mass is 16.5. The van der Waals surface area contributed by atoms with Gasteiger partial charge >= 0.3 is 12.0 Å². The standard InChI is InChI=1S/C20H24N4O6/c1-3-21-17(27)12-5-4-6-14(9-12)22-15(25)11-30-16(26)10-24-18(28)20(2,13-7-8-13)23-19(24)29/h4-6,9,13H,3,7-8,10-11H2,1-2H3,(H,21,27)(H,22,25)(H,23,29)/t20-/m1/s1. The van der Waals surface area contributed by atoms with Crippen molar-refractivity contribution in [3.05, 3.63) is 29.8 Å². The average molecular weight is 416 g/mol. The van der Waals surface area contributed by atoms with E-state index in [0.717, 1.165) is 17.7 Å². The zero-order chi connectivity index (χ0) is 21.9. The number of hydrogen-bond acceptors (Lipinski definition) is 6. The number of ether oxygens (including phenoxy) is 1. The number of carbonyl (C=O) groups is 5. The fourth-order valence-corrected chi connectivity index (χ4v) is 3.32. The molecule has 5 amide bonds. The molecule has 0 radical (unpaired) electrons. The van der Waals surface area contributed by atoms with E-state index < -0.39 is 42.5 Å². The van der Waals surface area contributed by atoms with Gasteiger partial charge in [-0.05, 0) is 50.8 Å². The lowest BCUT2D eigenvalue weighted by molar-refractivity contribution is -0.150. The molecule has 3 N–H and O–H groups in total. The average Bonchev–Trinajstić information content (AvgIpc) is 3.53. The van der Waals surface area contributed by atoms with Crippen molar-refractivity contribution in [2.24, 2.45) is 5.92 Å². The third kappa shape index (κ3) is 4.58. The maximum atomic E-state index is 12.5. The Morgan fingerprint density at radius 1 is 1.27 bits per heavy atom. The monoisotopic (exact) mass is 416 g/mol. The molecule has 1 aliphatic heterocycles. The van der Waals surface area contributed by atoms with Gasteiger partial charge in [0.15, 0.2) is 6.61 Å². The highest BCUT2D eigenvalue weighted by Gasteiger charge is 2.56. The molecular weight excluding hydrogens is 392 g/mol. The summed E-state index contributed by atoms with van der Waals surface area (Å²) in [6, 6.07) is 5.66. The van der Waals surface area contributed by atoms with Gasteiger partial charge in [-0.1, -0.05) is 6.07 Å². The topological polar surface area (TPSA) is 134 Å². The molecule has 0 spiro atoms. The van der Waals surface area contributed by atoms with E-state index in [4.69, 9.17) is 4.74 Å². The number of esters is 1. The van der Waals surface area contributed by atoms with Crippen molar-refractivity contribution in [2.75, 3.05) is 25.0 Å². The van der Waals surface area contributed by atoms with Crippen LogP contribution in [0.4, 0.5) is 10.5 Å². The minimum Gasteiger partial charge on any atom is -0.454 e. The van der Waals surface area contributed by atoms with Crippen LogP contribution < -0.4 is 16.0 Å². The van der Waals surface area contributed by atoms with Crippen LogP contribution in [0.3, 0.4) is 0 Å². The Kier molecular flexibility index (Phi) is 6.04.